The molecule has 0 bridgehead atoms. The number of nitrogens with one attached hydrogen (secondary N) is 1. The van der Waals surface area contributed by atoms with Gasteiger partial charge in [0.05, 0.1) is 17.2 Å². The predicted molar refractivity (Wildman–Crippen MR) is 153 cm³/mol. The van der Waals surface area contributed by atoms with Gasteiger partial charge in [0.1, 0.15) is 24.2 Å². The zero-order valence-electron chi connectivity index (χ0n) is 22.6. The van der Waals surface area contributed by atoms with Crippen molar-refractivity contribution in [2.75, 3.05) is 24.0 Å². The van der Waals surface area contributed by atoms with Crippen molar-refractivity contribution in [1.82, 2.24) is 10.2 Å². The van der Waals surface area contributed by atoms with Crippen LogP contribution in [0.5, 0.6) is 5.75 Å². The van der Waals surface area contributed by atoms with Crippen molar-refractivity contribution < 1.29 is 27.1 Å². The number of benzene rings is 3. The molecule has 3 aromatic carbocycles. The van der Waals surface area contributed by atoms with E-state index in [9.17, 15) is 22.4 Å². The van der Waals surface area contributed by atoms with E-state index in [1.165, 1.54) is 53.4 Å². The van der Waals surface area contributed by atoms with E-state index >= 15 is 0 Å². The molecular weight excluding hydrogens is 557 g/mol. The monoisotopic (exact) mass is 589 g/mol. The first-order valence-electron chi connectivity index (χ1n) is 12.9. The number of likely N-dealkylation sites (N-methyl/N-ethyl adjacent to an activating group) is 1. The molecule has 8 nitrogen and oxygen atoms in total. The van der Waals surface area contributed by atoms with Gasteiger partial charge < -0.3 is 15.0 Å². The second kappa shape index (κ2) is 14.1. The molecule has 0 saturated carbocycles. The molecule has 40 heavy (non-hydrogen) atoms. The summed E-state index contributed by atoms with van der Waals surface area (Å²) in [5, 5.41) is 3.10. The summed E-state index contributed by atoms with van der Waals surface area (Å²) in [6, 6.07) is 16.7. The summed E-state index contributed by atoms with van der Waals surface area (Å²) >= 11 is 5.98. The van der Waals surface area contributed by atoms with Gasteiger partial charge in [0.25, 0.3) is 10.0 Å². The largest absolute Gasteiger partial charge is 0.494 e. The molecule has 0 heterocycles. The average Bonchev–Trinajstić information content (AvgIpc) is 2.93. The van der Waals surface area contributed by atoms with E-state index < -0.39 is 34.3 Å². The van der Waals surface area contributed by atoms with Gasteiger partial charge in [-0.2, -0.15) is 0 Å². The highest BCUT2D eigenvalue weighted by Gasteiger charge is 2.33. The lowest BCUT2D eigenvalue weighted by molar-refractivity contribution is -0.140. The van der Waals surface area contributed by atoms with Crippen molar-refractivity contribution in [3.05, 3.63) is 89.2 Å². The summed E-state index contributed by atoms with van der Waals surface area (Å²) in [6.07, 6.45) is 0.283. The second-order valence-corrected chi connectivity index (χ2v) is 11.2. The predicted octanol–water partition coefficient (Wildman–Crippen LogP) is 5.02. The van der Waals surface area contributed by atoms with Crippen LogP contribution in [0, 0.1) is 5.82 Å². The molecule has 214 valence electrons. The third-order valence-electron chi connectivity index (χ3n) is 6.12. The molecule has 0 aliphatic rings. The quantitative estimate of drug-likeness (QED) is 0.302. The first kappa shape index (κ1) is 30.9. The van der Waals surface area contributed by atoms with Gasteiger partial charge in [-0.3, -0.25) is 13.9 Å². The highest BCUT2D eigenvalue weighted by atomic mass is 35.5. The van der Waals surface area contributed by atoms with Crippen LogP contribution in [-0.2, 0) is 26.2 Å². The Bertz CT molecular complexity index is 1380. The van der Waals surface area contributed by atoms with Crippen molar-refractivity contribution >= 4 is 39.1 Å². The molecule has 0 fully saturated rings. The third kappa shape index (κ3) is 7.73. The molecule has 0 saturated heterocycles. The highest BCUT2D eigenvalue weighted by molar-refractivity contribution is 7.92. The number of rotatable bonds is 13. The minimum absolute atomic E-state index is 0.0210. The summed E-state index contributed by atoms with van der Waals surface area (Å²) in [6.45, 7) is 5.54. The number of sulfonamides is 1. The Morgan fingerprint density at radius 3 is 2.12 bits per heavy atom. The topological polar surface area (TPSA) is 96.0 Å². The molecule has 0 aliphatic heterocycles. The van der Waals surface area contributed by atoms with Crippen LogP contribution in [0.4, 0.5) is 10.1 Å². The molecule has 0 radical (unpaired) electrons. The van der Waals surface area contributed by atoms with Gasteiger partial charge in [-0.05, 0) is 86.5 Å². The van der Waals surface area contributed by atoms with Gasteiger partial charge in [0.2, 0.25) is 11.8 Å². The Hall–Kier alpha value is -3.63. The zero-order chi connectivity index (χ0) is 29.3. The third-order valence-corrected chi connectivity index (χ3v) is 8.16. The molecule has 2 amide bonds. The summed E-state index contributed by atoms with van der Waals surface area (Å²) in [5.41, 5.74) is 0.824. The maximum absolute atomic E-state index is 13.9. The van der Waals surface area contributed by atoms with Gasteiger partial charge in [0.15, 0.2) is 0 Å². The Morgan fingerprint density at radius 1 is 0.950 bits per heavy atom. The van der Waals surface area contributed by atoms with Crippen LogP contribution in [0.2, 0.25) is 5.02 Å². The lowest BCUT2D eigenvalue weighted by Gasteiger charge is -2.33. The Kier molecular flexibility index (Phi) is 10.9. The Balaban J connectivity index is 2.05. The molecule has 0 unspecified atom stereocenters. The summed E-state index contributed by atoms with van der Waals surface area (Å²) in [7, 11) is -4.23. The number of carbonyl (C=O) groups excluding carboxylic acids is 2. The van der Waals surface area contributed by atoms with Crippen LogP contribution in [0.3, 0.4) is 0 Å². The van der Waals surface area contributed by atoms with Crippen molar-refractivity contribution in [3.8, 4) is 5.75 Å². The zero-order valence-corrected chi connectivity index (χ0v) is 24.2. The van der Waals surface area contributed by atoms with Gasteiger partial charge in [-0.15, -0.1) is 0 Å². The second-order valence-electron chi connectivity index (χ2n) is 8.86. The van der Waals surface area contributed by atoms with Crippen LogP contribution in [0.1, 0.15) is 32.8 Å². The molecule has 0 aromatic heterocycles. The van der Waals surface area contributed by atoms with Crippen LogP contribution in [-0.4, -0.2) is 50.9 Å². The fraction of sp³-hybridized carbons (Fsp3) is 0.310. The van der Waals surface area contributed by atoms with Crippen molar-refractivity contribution in [3.63, 3.8) is 0 Å². The SMILES string of the molecule is CCNC(=O)[C@@H](CC)N(Cc1ccc(F)cc1)C(=O)CN(c1ccc(OCC)cc1)S(=O)(=O)c1ccc(Cl)cc1. The Morgan fingerprint density at radius 2 is 1.57 bits per heavy atom. The first-order chi connectivity index (χ1) is 19.1. The molecule has 1 atom stereocenters. The van der Waals surface area contributed by atoms with Crippen LogP contribution in [0.25, 0.3) is 0 Å². The van der Waals surface area contributed by atoms with Gasteiger partial charge in [0, 0.05) is 18.1 Å². The number of carbonyl (C=O) groups is 2. The van der Waals surface area contributed by atoms with Gasteiger partial charge >= 0.3 is 0 Å². The van der Waals surface area contributed by atoms with Crippen molar-refractivity contribution in [1.29, 1.82) is 0 Å². The number of amides is 2. The van der Waals surface area contributed by atoms with E-state index in [1.54, 1.807) is 38.1 Å². The van der Waals surface area contributed by atoms with E-state index in [0.29, 0.717) is 29.5 Å². The standard InChI is InChI=1S/C29H33ClFN3O5S/c1-4-27(29(36)32-5-2)33(19-21-7-11-23(31)12-8-21)28(35)20-34(24-13-15-25(16-14-24)39-6-3)40(37,38)26-17-9-22(30)10-18-26/h7-18,27H,4-6,19-20H2,1-3H3,(H,32,36)/t27-/m1/s1. The highest BCUT2D eigenvalue weighted by Crippen LogP contribution is 2.27. The summed E-state index contributed by atoms with van der Waals surface area (Å²) in [4.78, 5) is 28.1. The van der Waals surface area contributed by atoms with E-state index in [2.05, 4.69) is 5.32 Å². The van der Waals surface area contributed by atoms with E-state index in [-0.39, 0.29) is 29.5 Å². The molecule has 3 aromatic rings. The minimum atomic E-state index is -4.23. The number of hydrogen-bond donors (Lipinski definition) is 1. The van der Waals surface area contributed by atoms with Crippen LogP contribution >= 0.6 is 11.6 Å². The van der Waals surface area contributed by atoms with Crippen molar-refractivity contribution in [2.45, 2.75) is 44.7 Å². The van der Waals surface area contributed by atoms with Crippen LogP contribution < -0.4 is 14.4 Å². The number of nitrogens with zero attached hydrogens (tertiary/aromatic N) is 2. The number of hydrogen-bond acceptors (Lipinski definition) is 5. The molecular formula is C29H33ClFN3O5S. The normalized spacial score (nSPS) is 11.9. The maximum atomic E-state index is 13.9. The molecule has 1 N–H and O–H groups in total. The maximum Gasteiger partial charge on any atom is 0.264 e. The van der Waals surface area contributed by atoms with E-state index in [4.69, 9.17) is 16.3 Å². The minimum Gasteiger partial charge on any atom is -0.494 e. The molecule has 0 spiro atoms. The number of halogens is 2. The Labute approximate surface area is 239 Å². The van der Waals surface area contributed by atoms with E-state index in [1.807, 2.05) is 6.92 Å². The molecule has 3 rings (SSSR count). The first-order valence-corrected chi connectivity index (χ1v) is 14.7. The molecule has 0 aliphatic carbocycles. The lowest BCUT2D eigenvalue weighted by Crippen LogP contribution is -2.52. The smallest absolute Gasteiger partial charge is 0.264 e. The number of anilines is 1. The van der Waals surface area contributed by atoms with Crippen molar-refractivity contribution in [2.24, 2.45) is 0 Å². The lowest BCUT2D eigenvalue weighted by atomic mass is 10.1. The average molecular weight is 590 g/mol. The van der Waals surface area contributed by atoms with E-state index in [0.717, 1.165) is 4.31 Å². The molecule has 11 heteroatoms. The number of ether oxygens (including phenoxy) is 1. The van der Waals surface area contributed by atoms with Gasteiger partial charge in [-0.25, -0.2) is 12.8 Å². The summed E-state index contributed by atoms with van der Waals surface area (Å²) in [5.74, 6) is -0.864. The summed E-state index contributed by atoms with van der Waals surface area (Å²) < 4.78 is 47.7. The van der Waals surface area contributed by atoms with Gasteiger partial charge in [-0.1, -0.05) is 30.7 Å². The fourth-order valence-electron chi connectivity index (χ4n) is 4.14. The van der Waals surface area contributed by atoms with Crippen LogP contribution in [0.15, 0.2) is 77.7 Å². The fourth-order valence-corrected chi connectivity index (χ4v) is 5.68.